The van der Waals surface area contributed by atoms with Crippen LogP contribution in [0.2, 0.25) is 0 Å². The predicted octanol–water partition coefficient (Wildman–Crippen LogP) is 2.45. The van der Waals surface area contributed by atoms with Crippen molar-refractivity contribution in [3.05, 3.63) is 0 Å². The van der Waals surface area contributed by atoms with Gasteiger partial charge in [-0.05, 0) is 32.4 Å². The Kier molecular flexibility index (Phi) is 6.13. The molecule has 0 aliphatic carbocycles. The van der Waals surface area contributed by atoms with Gasteiger partial charge in [-0.1, -0.05) is 12.8 Å². The molecule has 1 fully saturated rings. The maximum absolute atomic E-state index is 11.9. The molecule has 2 N–H and O–H groups in total. The molecule has 1 heterocycles. The van der Waals surface area contributed by atoms with Gasteiger partial charge in [0.25, 0.3) is 0 Å². The van der Waals surface area contributed by atoms with Crippen LogP contribution in [-0.2, 0) is 0 Å². The molecule has 1 aliphatic heterocycles. The second kappa shape index (κ2) is 7.12. The summed E-state index contributed by atoms with van der Waals surface area (Å²) in [5, 5.41) is 6.50. The summed E-state index contributed by atoms with van der Waals surface area (Å²) in [6, 6.07) is 0.438. The van der Waals surface area contributed by atoms with E-state index in [4.69, 9.17) is 0 Å². The number of alkyl halides is 3. The SMILES string of the molecule is FC(F)(F)CCCNCC1CCCCCN1. The van der Waals surface area contributed by atoms with Gasteiger partial charge < -0.3 is 10.6 Å². The van der Waals surface area contributed by atoms with Crippen molar-refractivity contribution in [2.24, 2.45) is 0 Å². The zero-order valence-electron chi connectivity index (χ0n) is 9.58. The Hall–Kier alpha value is -0.290. The smallest absolute Gasteiger partial charge is 0.315 e. The quantitative estimate of drug-likeness (QED) is 0.719. The van der Waals surface area contributed by atoms with Crippen LogP contribution in [0.5, 0.6) is 0 Å². The average Bonchev–Trinajstić information content (AvgIpc) is 2.44. The van der Waals surface area contributed by atoms with Crippen molar-refractivity contribution in [2.45, 2.75) is 50.7 Å². The summed E-state index contributed by atoms with van der Waals surface area (Å²) in [5.74, 6) is 0. The lowest BCUT2D eigenvalue weighted by Gasteiger charge is -2.16. The highest BCUT2D eigenvalue weighted by molar-refractivity contribution is 4.72. The topological polar surface area (TPSA) is 24.1 Å². The predicted molar refractivity (Wildman–Crippen MR) is 58.4 cm³/mol. The summed E-state index contributed by atoms with van der Waals surface area (Å²) in [7, 11) is 0. The molecule has 1 saturated heterocycles. The van der Waals surface area contributed by atoms with E-state index in [1.54, 1.807) is 0 Å². The van der Waals surface area contributed by atoms with E-state index in [1.807, 2.05) is 0 Å². The van der Waals surface area contributed by atoms with Gasteiger partial charge in [0.2, 0.25) is 0 Å². The largest absolute Gasteiger partial charge is 0.389 e. The number of halogens is 3. The summed E-state index contributed by atoms with van der Waals surface area (Å²) in [4.78, 5) is 0. The number of hydrogen-bond donors (Lipinski definition) is 2. The van der Waals surface area contributed by atoms with Gasteiger partial charge in [-0.15, -0.1) is 0 Å². The van der Waals surface area contributed by atoms with Crippen LogP contribution in [0.15, 0.2) is 0 Å². The second-order valence-corrected chi connectivity index (χ2v) is 4.42. The van der Waals surface area contributed by atoms with Crippen molar-refractivity contribution in [3.63, 3.8) is 0 Å². The highest BCUT2D eigenvalue weighted by Gasteiger charge is 2.25. The molecule has 0 aromatic rings. The van der Waals surface area contributed by atoms with Crippen LogP contribution < -0.4 is 10.6 Å². The van der Waals surface area contributed by atoms with E-state index < -0.39 is 12.6 Å². The summed E-state index contributed by atoms with van der Waals surface area (Å²) in [6.45, 7) is 2.28. The van der Waals surface area contributed by atoms with E-state index in [2.05, 4.69) is 10.6 Å². The van der Waals surface area contributed by atoms with E-state index in [1.165, 1.54) is 19.3 Å². The van der Waals surface area contributed by atoms with Gasteiger partial charge in [-0.2, -0.15) is 13.2 Å². The van der Waals surface area contributed by atoms with Crippen molar-refractivity contribution in [1.82, 2.24) is 10.6 Å². The van der Waals surface area contributed by atoms with Gasteiger partial charge in [0.1, 0.15) is 0 Å². The molecule has 1 aliphatic rings. The molecular weight excluding hydrogens is 217 g/mol. The maximum atomic E-state index is 11.9. The van der Waals surface area contributed by atoms with Crippen molar-refractivity contribution in [1.29, 1.82) is 0 Å². The standard InChI is InChI=1S/C11H21F3N2/c12-11(13,14)6-4-7-15-9-10-5-2-1-3-8-16-10/h10,15-16H,1-9H2. The molecule has 0 aromatic carbocycles. The average molecular weight is 238 g/mol. The van der Waals surface area contributed by atoms with Crippen molar-refractivity contribution >= 4 is 0 Å². The van der Waals surface area contributed by atoms with Crippen molar-refractivity contribution in [2.75, 3.05) is 19.6 Å². The van der Waals surface area contributed by atoms with Gasteiger partial charge in [0.15, 0.2) is 0 Å². The molecular formula is C11H21F3N2. The van der Waals surface area contributed by atoms with Gasteiger partial charge in [0.05, 0.1) is 0 Å². The molecule has 0 bridgehead atoms. The van der Waals surface area contributed by atoms with Gasteiger partial charge in [0, 0.05) is 19.0 Å². The van der Waals surface area contributed by atoms with E-state index in [0.29, 0.717) is 12.6 Å². The van der Waals surface area contributed by atoms with Crippen LogP contribution >= 0.6 is 0 Å². The third kappa shape index (κ3) is 7.06. The zero-order valence-corrected chi connectivity index (χ0v) is 9.58. The van der Waals surface area contributed by atoms with Crippen LogP contribution in [0.1, 0.15) is 38.5 Å². The highest BCUT2D eigenvalue weighted by atomic mass is 19.4. The van der Waals surface area contributed by atoms with E-state index >= 15 is 0 Å². The Bertz CT molecular complexity index is 175. The first-order valence-electron chi connectivity index (χ1n) is 6.09. The molecule has 0 spiro atoms. The molecule has 0 saturated carbocycles. The fourth-order valence-corrected chi connectivity index (χ4v) is 1.97. The first kappa shape index (κ1) is 13.8. The minimum Gasteiger partial charge on any atom is -0.315 e. The fourth-order valence-electron chi connectivity index (χ4n) is 1.97. The third-order valence-electron chi connectivity index (χ3n) is 2.87. The molecule has 2 nitrogen and oxygen atoms in total. The monoisotopic (exact) mass is 238 g/mol. The lowest BCUT2D eigenvalue weighted by atomic mass is 10.1. The van der Waals surface area contributed by atoms with E-state index in [0.717, 1.165) is 19.5 Å². The van der Waals surface area contributed by atoms with Crippen LogP contribution in [0, 0.1) is 0 Å². The van der Waals surface area contributed by atoms with Gasteiger partial charge in [-0.3, -0.25) is 0 Å². The summed E-state index contributed by atoms with van der Waals surface area (Å²) < 4.78 is 35.6. The number of rotatable bonds is 5. The van der Waals surface area contributed by atoms with Gasteiger partial charge in [-0.25, -0.2) is 0 Å². The third-order valence-corrected chi connectivity index (χ3v) is 2.87. The first-order chi connectivity index (χ1) is 7.58. The molecule has 16 heavy (non-hydrogen) atoms. The van der Waals surface area contributed by atoms with Crippen LogP contribution in [0.4, 0.5) is 13.2 Å². The Morgan fingerprint density at radius 2 is 2.00 bits per heavy atom. The Morgan fingerprint density at radius 1 is 1.19 bits per heavy atom. The highest BCUT2D eigenvalue weighted by Crippen LogP contribution is 2.20. The minimum atomic E-state index is -4.01. The molecule has 1 rings (SSSR count). The number of nitrogens with one attached hydrogen (secondary N) is 2. The summed E-state index contributed by atoms with van der Waals surface area (Å²) in [6.07, 6.45) is 0.312. The van der Waals surface area contributed by atoms with E-state index in [-0.39, 0.29) is 6.42 Å². The molecule has 96 valence electrons. The second-order valence-electron chi connectivity index (χ2n) is 4.42. The van der Waals surface area contributed by atoms with Gasteiger partial charge >= 0.3 is 6.18 Å². The lowest BCUT2D eigenvalue weighted by Crippen LogP contribution is -2.38. The fraction of sp³-hybridized carbons (Fsp3) is 1.00. The van der Waals surface area contributed by atoms with Crippen molar-refractivity contribution in [3.8, 4) is 0 Å². The normalized spacial score (nSPS) is 23.1. The van der Waals surface area contributed by atoms with Crippen LogP contribution in [0.3, 0.4) is 0 Å². The Labute approximate surface area is 95.0 Å². The lowest BCUT2D eigenvalue weighted by molar-refractivity contribution is -0.135. The van der Waals surface area contributed by atoms with Crippen LogP contribution in [0.25, 0.3) is 0 Å². The molecule has 1 atom stereocenters. The molecule has 0 radical (unpaired) electrons. The zero-order chi connectivity index (χ0) is 11.9. The van der Waals surface area contributed by atoms with Crippen LogP contribution in [-0.4, -0.2) is 31.9 Å². The van der Waals surface area contributed by atoms with Crippen molar-refractivity contribution < 1.29 is 13.2 Å². The summed E-state index contributed by atoms with van der Waals surface area (Å²) >= 11 is 0. The Morgan fingerprint density at radius 3 is 2.75 bits per heavy atom. The maximum Gasteiger partial charge on any atom is 0.389 e. The van der Waals surface area contributed by atoms with E-state index in [9.17, 15) is 13.2 Å². The molecule has 0 amide bonds. The Balaban J connectivity index is 1.97. The summed E-state index contributed by atoms with van der Waals surface area (Å²) in [5.41, 5.74) is 0. The first-order valence-corrected chi connectivity index (χ1v) is 6.09. The molecule has 0 aromatic heterocycles. The molecule has 1 unspecified atom stereocenters. The minimum absolute atomic E-state index is 0.177. The number of hydrogen-bond acceptors (Lipinski definition) is 2. The molecule has 5 heteroatoms.